The average molecular weight is 272 g/mol. The maximum Gasteiger partial charge on any atom is 0.251 e. The van der Waals surface area contributed by atoms with E-state index in [0.29, 0.717) is 6.04 Å². The molecule has 20 heavy (non-hydrogen) atoms. The van der Waals surface area contributed by atoms with Crippen molar-refractivity contribution in [2.24, 2.45) is 5.41 Å². The number of hydrogen-bond donors (Lipinski definition) is 2. The van der Waals surface area contributed by atoms with Crippen molar-refractivity contribution in [2.75, 3.05) is 0 Å². The van der Waals surface area contributed by atoms with Crippen LogP contribution < -0.4 is 10.6 Å². The summed E-state index contributed by atoms with van der Waals surface area (Å²) in [5, 5.41) is 6.57. The van der Waals surface area contributed by atoms with E-state index in [-0.39, 0.29) is 11.3 Å². The van der Waals surface area contributed by atoms with Gasteiger partial charge in [-0.2, -0.15) is 0 Å². The third-order valence-corrected chi connectivity index (χ3v) is 4.91. The molecule has 108 valence electrons. The van der Waals surface area contributed by atoms with Crippen molar-refractivity contribution in [2.45, 2.75) is 58.7 Å². The molecule has 2 N–H and O–H groups in total. The van der Waals surface area contributed by atoms with Gasteiger partial charge in [0.2, 0.25) is 0 Å². The molecule has 0 saturated heterocycles. The van der Waals surface area contributed by atoms with Crippen molar-refractivity contribution in [1.29, 1.82) is 0 Å². The summed E-state index contributed by atoms with van der Waals surface area (Å²) >= 11 is 0. The van der Waals surface area contributed by atoms with Crippen LogP contribution in [0.2, 0.25) is 0 Å². The molecule has 1 aliphatic heterocycles. The van der Waals surface area contributed by atoms with Gasteiger partial charge >= 0.3 is 0 Å². The van der Waals surface area contributed by atoms with Crippen LogP contribution >= 0.6 is 0 Å². The molecular formula is C17H24N2O. The molecule has 1 amide bonds. The molecule has 1 fully saturated rings. The summed E-state index contributed by atoms with van der Waals surface area (Å²) in [5.74, 6) is 0.0830. The molecule has 3 rings (SSSR count). The van der Waals surface area contributed by atoms with Gasteiger partial charge in [-0.1, -0.05) is 32.8 Å². The van der Waals surface area contributed by atoms with Crippen LogP contribution in [0, 0.1) is 5.41 Å². The fraction of sp³-hybridized carbons (Fsp3) is 0.588. The van der Waals surface area contributed by atoms with Gasteiger partial charge in [0.1, 0.15) is 0 Å². The zero-order valence-electron chi connectivity index (χ0n) is 12.5. The summed E-state index contributed by atoms with van der Waals surface area (Å²) in [6.07, 6.45) is 4.81. The minimum Gasteiger partial charge on any atom is -0.349 e. The van der Waals surface area contributed by atoms with E-state index in [1.54, 1.807) is 0 Å². The maximum atomic E-state index is 12.5. The fourth-order valence-electron chi connectivity index (χ4n) is 3.44. The van der Waals surface area contributed by atoms with E-state index in [9.17, 15) is 4.79 Å². The molecule has 0 aromatic heterocycles. The Kier molecular flexibility index (Phi) is 3.55. The van der Waals surface area contributed by atoms with Gasteiger partial charge in [0.15, 0.2) is 0 Å². The Morgan fingerprint density at radius 3 is 2.85 bits per heavy atom. The zero-order chi connectivity index (χ0) is 14.2. The first-order chi connectivity index (χ1) is 9.56. The van der Waals surface area contributed by atoms with Crippen molar-refractivity contribution in [3.05, 3.63) is 34.9 Å². The van der Waals surface area contributed by atoms with Crippen LogP contribution in [-0.4, -0.2) is 11.9 Å². The van der Waals surface area contributed by atoms with E-state index >= 15 is 0 Å². The zero-order valence-corrected chi connectivity index (χ0v) is 12.5. The second kappa shape index (κ2) is 5.21. The minimum absolute atomic E-state index is 0.0830. The SMILES string of the molecule is CC1(C)CCCCC1NC(=O)c1ccc2c(c1)CNC2. The molecule has 1 atom stereocenters. The molecule has 2 aliphatic rings. The molecule has 3 nitrogen and oxygen atoms in total. The molecular weight excluding hydrogens is 248 g/mol. The second-order valence-electron chi connectivity index (χ2n) is 6.85. The number of carbonyl (C=O) groups excluding carboxylic acids is 1. The van der Waals surface area contributed by atoms with Gasteiger partial charge in [-0.05, 0) is 41.5 Å². The fourth-order valence-corrected chi connectivity index (χ4v) is 3.44. The highest BCUT2D eigenvalue weighted by molar-refractivity contribution is 5.94. The van der Waals surface area contributed by atoms with E-state index < -0.39 is 0 Å². The summed E-state index contributed by atoms with van der Waals surface area (Å²) in [6, 6.07) is 6.38. The molecule has 1 aliphatic carbocycles. The van der Waals surface area contributed by atoms with Gasteiger partial charge in [-0.3, -0.25) is 4.79 Å². The van der Waals surface area contributed by atoms with Crippen molar-refractivity contribution < 1.29 is 4.79 Å². The van der Waals surface area contributed by atoms with E-state index in [4.69, 9.17) is 0 Å². The van der Waals surface area contributed by atoms with Crippen LogP contribution in [0.25, 0.3) is 0 Å². The molecule has 1 heterocycles. The van der Waals surface area contributed by atoms with Crippen LogP contribution in [0.15, 0.2) is 18.2 Å². The lowest BCUT2D eigenvalue weighted by molar-refractivity contribution is 0.0853. The molecule has 1 aromatic rings. The standard InChI is InChI=1S/C17H24N2O/c1-17(2)8-4-3-5-15(17)19-16(20)12-6-7-13-10-18-11-14(13)9-12/h6-7,9,15,18H,3-5,8,10-11H2,1-2H3,(H,19,20). The van der Waals surface area contributed by atoms with E-state index in [1.807, 2.05) is 12.1 Å². The largest absolute Gasteiger partial charge is 0.349 e. The topological polar surface area (TPSA) is 41.1 Å². The van der Waals surface area contributed by atoms with Gasteiger partial charge < -0.3 is 10.6 Å². The molecule has 0 spiro atoms. The summed E-state index contributed by atoms with van der Waals surface area (Å²) in [6.45, 7) is 6.34. The van der Waals surface area contributed by atoms with Gasteiger partial charge in [-0.15, -0.1) is 0 Å². The molecule has 1 saturated carbocycles. The Balaban J connectivity index is 1.73. The van der Waals surface area contributed by atoms with E-state index in [1.165, 1.54) is 30.4 Å². The second-order valence-corrected chi connectivity index (χ2v) is 6.85. The number of benzene rings is 1. The number of carbonyl (C=O) groups is 1. The monoisotopic (exact) mass is 272 g/mol. The highest BCUT2D eigenvalue weighted by Gasteiger charge is 2.33. The number of fused-ring (bicyclic) bond motifs is 1. The van der Waals surface area contributed by atoms with Gasteiger partial charge in [-0.25, -0.2) is 0 Å². The minimum atomic E-state index is 0.0830. The van der Waals surface area contributed by atoms with Crippen molar-refractivity contribution in [1.82, 2.24) is 10.6 Å². The highest BCUT2D eigenvalue weighted by atomic mass is 16.1. The van der Waals surface area contributed by atoms with Gasteiger partial charge in [0, 0.05) is 24.7 Å². The van der Waals surface area contributed by atoms with Crippen LogP contribution in [0.4, 0.5) is 0 Å². The Labute approximate surface area is 121 Å². The number of hydrogen-bond acceptors (Lipinski definition) is 2. The predicted molar refractivity (Wildman–Crippen MR) is 80.5 cm³/mol. The number of nitrogens with one attached hydrogen (secondary N) is 2. The van der Waals surface area contributed by atoms with E-state index in [0.717, 1.165) is 25.1 Å². The summed E-state index contributed by atoms with van der Waals surface area (Å²) in [4.78, 5) is 12.5. The third-order valence-electron chi connectivity index (χ3n) is 4.91. The van der Waals surface area contributed by atoms with Crippen LogP contribution in [0.5, 0.6) is 0 Å². The quantitative estimate of drug-likeness (QED) is 0.869. The van der Waals surface area contributed by atoms with Crippen LogP contribution in [0.3, 0.4) is 0 Å². The Morgan fingerprint density at radius 2 is 2.05 bits per heavy atom. The van der Waals surface area contributed by atoms with Crippen LogP contribution in [0.1, 0.15) is 61.0 Å². The molecule has 3 heteroatoms. The first kappa shape index (κ1) is 13.6. The first-order valence-electron chi connectivity index (χ1n) is 7.70. The summed E-state index contributed by atoms with van der Waals surface area (Å²) < 4.78 is 0. The smallest absolute Gasteiger partial charge is 0.251 e. The van der Waals surface area contributed by atoms with Crippen molar-refractivity contribution >= 4 is 5.91 Å². The Hall–Kier alpha value is -1.35. The maximum absolute atomic E-state index is 12.5. The third kappa shape index (κ3) is 2.59. The van der Waals surface area contributed by atoms with Gasteiger partial charge in [0.05, 0.1) is 0 Å². The lowest BCUT2D eigenvalue weighted by Gasteiger charge is -2.39. The van der Waals surface area contributed by atoms with E-state index in [2.05, 4.69) is 30.5 Å². The molecule has 0 bridgehead atoms. The summed E-state index contributed by atoms with van der Waals surface area (Å²) in [7, 11) is 0. The Morgan fingerprint density at radius 1 is 1.25 bits per heavy atom. The molecule has 1 aromatic carbocycles. The number of amides is 1. The molecule has 1 unspecified atom stereocenters. The Bertz CT molecular complexity index is 522. The highest BCUT2D eigenvalue weighted by Crippen LogP contribution is 2.35. The lowest BCUT2D eigenvalue weighted by atomic mass is 9.73. The molecule has 0 radical (unpaired) electrons. The van der Waals surface area contributed by atoms with Crippen molar-refractivity contribution in [3.8, 4) is 0 Å². The number of rotatable bonds is 2. The van der Waals surface area contributed by atoms with Crippen LogP contribution in [-0.2, 0) is 13.1 Å². The average Bonchev–Trinajstić information content (AvgIpc) is 2.88. The normalized spacial score (nSPS) is 24.2. The van der Waals surface area contributed by atoms with Crippen molar-refractivity contribution in [3.63, 3.8) is 0 Å². The predicted octanol–water partition coefficient (Wildman–Crippen LogP) is 2.99. The first-order valence-corrected chi connectivity index (χ1v) is 7.70. The van der Waals surface area contributed by atoms with Gasteiger partial charge in [0.25, 0.3) is 5.91 Å². The lowest BCUT2D eigenvalue weighted by Crippen LogP contribution is -2.46. The summed E-state index contributed by atoms with van der Waals surface area (Å²) in [5.41, 5.74) is 3.60.